The third kappa shape index (κ3) is 3.64. The van der Waals surface area contributed by atoms with E-state index in [1.165, 1.54) is 38.4 Å². The van der Waals surface area contributed by atoms with Gasteiger partial charge in [-0.2, -0.15) is 5.26 Å². The first-order valence-electron chi connectivity index (χ1n) is 10.4. The third-order valence-corrected chi connectivity index (χ3v) is 7.87. The molecule has 1 aliphatic carbocycles. The monoisotopic (exact) mass is 460 g/mol. The van der Waals surface area contributed by atoms with Gasteiger partial charge < -0.3 is 5.32 Å². The van der Waals surface area contributed by atoms with Crippen molar-refractivity contribution < 1.29 is 4.79 Å². The second-order valence-corrected chi connectivity index (χ2v) is 9.91. The predicted molar refractivity (Wildman–Crippen MR) is 128 cm³/mol. The van der Waals surface area contributed by atoms with Gasteiger partial charge in [0.25, 0.3) is 5.56 Å². The first-order valence-corrected chi connectivity index (χ1v) is 12.1. The molecule has 4 aromatic rings. The van der Waals surface area contributed by atoms with Crippen molar-refractivity contribution in [2.24, 2.45) is 0 Å². The zero-order valence-electron chi connectivity index (χ0n) is 17.5. The Hall–Kier alpha value is -3.28. The minimum atomic E-state index is -0.338. The van der Waals surface area contributed by atoms with Crippen molar-refractivity contribution in [1.29, 1.82) is 5.26 Å². The third-order valence-electron chi connectivity index (χ3n) is 5.77. The van der Waals surface area contributed by atoms with Crippen LogP contribution in [-0.2, 0) is 24.2 Å². The summed E-state index contributed by atoms with van der Waals surface area (Å²) in [5, 5.41) is 15.5. The van der Waals surface area contributed by atoms with E-state index in [1.54, 1.807) is 0 Å². The number of hydrogen-bond donors (Lipinski definition) is 1. The number of anilines is 1. The highest BCUT2D eigenvalue weighted by Gasteiger charge is 2.22. The number of amides is 1. The quantitative estimate of drug-likeness (QED) is 0.470. The Morgan fingerprint density at radius 1 is 1.25 bits per heavy atom. The van der Waals surface area contributed by atoms with Crippen LogP contribution < -0.4 is 10.9 Å². The van der Waals surface area contributed by atoms with E-state index in [4.69, 9.17) is 0 Å². The second-order valence-electron chi connectivity index (χ2n) is 7.95. The molecule has 5 rings (SSSR count). The number of fused-ring (bicyclic) bond motifs is 2. The molecule has 0 radical (unpaired) electrons. The van der Waals surface area contributed by atoms with Gasteiger partial charge in [-0.3, -0.25) is 14.2 Å². The lowest BCUT2D eigenvalue weighted by Crippen LogP contribution is -2.27. The molecule has 1 N–H and O–H groups in total. The van der Waals surface area contributed by atoms with E-state index in [-0.39, 0.29) is 18.0 Å². The molecule has 0 aliphatic heterocycles. The van der Waals surface area contributed by atoms with Crippen LogP contribution in [0, 0.1) is 18.3 Å². The lowest BCUT2D eigenvalue weighted by Gasteiger charge is -2.09. The predicted octanol–water partition coefficient (Wildman–Crippen LogP) is 4.88. The summed E-state index contributed by atoms with van der Waals surface area (Å²) in [4.78, 5) is 32.2. The van der Waals surface area contributed by atoms with Gasteiger partial charge in [0.1, 0.15) is 22.4 Å². The average Bonchev–Trinajstić information content (AvgIpc) is 3.37. The van der Waals surface area contributed by atoms with Gasteiger partial charge in [-0.05, 0) is 43.7 Å². The number of aryl methyl sites for hydroxylation is 2. The highest BCUT2D eigenvalue weighted by molar-refractivity contribution is 7.17. The van der Waals surface area contributed by atoms with Crippen molar-refractivity contribution in [3.8, 4) is 17.2 Å². The smallest absolute Gasteiger partial charge is 0.263 e. The standard InChI is InChI=1S/C24H20N4O2S2/c1-14-6-8-15(9-7-14)18-12-31-23-21(18)24(30)28(13-26-23)11-20(29)27-22-17(10-25)16-4-2-3-5-19(16)32-22/h6-9,12-13H,2-5,11H2,1H3,(H,27,29). The van der Waals surface area contributed by atoms with Crippen molar-refractivity contribution in [3.63, 3.8) is 0 Å². The van der Waals surface area contributed by atoms with E-state index in [2.05, 4.69) is 16.4 Å². The molecule has 0 atom stereocenters. The number of hydrogen-bond acceptors (Lipinski definition) is 6. The first-order chi connectivity index (χ1) is 15.5. The Morgan fingerprint density at radius 3 is 2.81 bits per heavy atom. The molecular weight excluding hydrogens is 440 g/mol. The number of nitrogens with one attached hydrogen (secondary N) is 1. The number of rotatable bonds is 4. The number of carbonyl (C=O) groups excluding carboxylic acids is 1. The second kappa shape index (κ2) is 8.34. The van der Waals surface area contributed by atoms with Gasteiger partial charge in [0.05, 0.1) is 17.3 Å². The summed E-state index contributed by atoms with van der Waals surface area (Å²) >= 11 is 2.90. The fraction of sp³-hybridized carbons (Fsp3) is 0.250. The van der Waals surface area contributed by atoms with Gasteiger partial charge in [0.2, 0.25) is 5.91 Å². The zero-order valence-corrected chi connectivity index (χ0v) is 19.1. The van der Waals surface area contributed by atoms with Crippen molar-refractivity contribution >= 4 is 43.8 Å². The van der Waals surface area contributed by atoms with Crippen LogP contribution in [0.2, 0.25) is 0 Å². The molecule has 160 valence electrons. The molecule has 1 amide bonds. The molecule has 32 heavy (non-hydrogen) atoms. The van der Waals surface area contributed by atoms with Crippen LogP contribution in [0.5, 0.6) is 0 Å². The maximum atomic E-state index is 13.2. The Morgan fingerprint density at radius 2 is 2.03 bits per heavy atom. The molecule has 1 aliphatic rings. The molecule has 0 spiro atoms. The van der Waals surface area contributed by atoms with Crippen LogP contribution >= 0.6 is 22.7 Å². The average molecular weight is 461 g/mol. The zero-order chi connectivity index (χ0) is 22.2. The molecule has 8 heteroatoms. The molecule has 0 fully saturated rings. The minimum Gasteiger partial charge on any atom is -0.315 e. The van der Waals surface area contributed by atoms with E-state index in [1.807, 2.05) is 36.6 Å². The molecule has 0 unspecified atom stereocenters. The largest absolute Gasteiger partial charge is 0.315 e. The lowest BCUT2D eigenvalue weighted by molar-refractivity contribution is -0.116. The maximum absolute atomic E-state index is 13.2. The van der Waals surface area contributed by atoms with Gasteiger partial charge in [-0.1, -0.05) is 29.8 Å². The van der Waals surface area contributed by atoms with Gasteiger partial charge in [0.15, 0.2) is 0 Å². The number of carbonyl (C=O) groups is 1. The fourth-order valence-corrected chi connectivity index (χ4v) is 6.28. The van der Waals surface area contributed by atoms with Crippen LogP contribution in [0.25, 0.3) is 21.3 Å². The highest BCUT2D eigenvalue weighted by atomic mass is 32.1. The van der Waals surface area contributed by atoms with Crippen LogP contribution in [0.15, 0.2) is 40.8 Å². The number of aromatic nitrogens is 2. The van der Waals surface area contributed by atoms with Crippen LogP contribution in [-0.4, -0.2) is 15.5 Å². The Balaban J connectivity index is 1.44. The number of nitriles is 1. The van der Waals surface area contributed by atoms with E-state index in [0.717, 1.165) is 47.9 Å². The van der Waals surface area contributed by atoms with Gasteiger partial charge >= 0.3 is 0 Å². The van der Waals surface area contributed by atoms with Crippen LogP contribution in [0.1, 0.15) is 34.4 Å². The van der Waals surface area contributed by atoms with E-state index in [0.29, 0.717) is 20.8 Å². The molecule has 0 saturated carbocycles. The summed E-state index contributed by atoms with van der Waals surface area (Å²) in [6, 6.07) is 10.2. The maximum Gasteiger partial charge on any atom is 0.263 e. The van der Waals surface area contributed by atoms with Gasteiger partial charge in [-0.25, -0.2) is 4.98 Å². The summed E-state index contributed by atoms with van der Waals surface area (Å²) in [5.41, 5.74) is 4.32. The van der Waals surface area contributed by atoms with E-state index in [9.17, 15) is 14.9 Å². The molecule has 0 saturated heterocycles. The Kier molecular flexibility index (Phi) is 5.37. The lowest BCUT2D eigenvalue weighted by atomic mass is 9.96. The van der Waals surface area contributed by atoms with Crippen molar-refractivity contribution in [2.45, 2.75) is 39.2 Å². The van der Waals surface area contributed by atoms with Gasteiger partial charge in [-0.15, -0.1) is 22.7 Å². The summed E-state index contributed by atoms with van der Waals surface area (Å²) in [6.45, 7) is 1.86. The highest BCUT2D eigenvalue weighted by Crippen LogP contribution is 2.37. The Bertz CT molecular complexity index is 1440. The topological polar surface area (TPSA) is 87.8 Å². The number of benzene rings is 1. The molecule has 0 bridgehead atoms. The molecule has 3 aromatic heterocycles. The summed E-state index contributed by atoms with van der Waals surface area (Å²) in [5.74, 6) is -0.338. The van der Waals surface area contributed by atoms with E-state index < -0.39 is 0 Å². The molecule has 3 heterocycles. The molecule has 6 nitrogen and oxygen atoms in total. The fourth-order valence-electron chi connectivity index (χ4n) is 4.12. The summed E-state index contributed by atoms with van der Waals surface area (Å²) in [7, 11) is 0. The summed E-state index contributed by atoms with van der Waals surface area (Å²) in [6.07, 6.45) is 5.42. The van der Waals surface area contributed by atoms with E-state index >= 15 is 0 Å². The van der Waals surface area contributed by atoms with Crippen molar-refractivity contribution in [1.82, 2.24) is 9.55 Å². The minimum absolute atomic E-state index is 0.154. The number of nitrogens with zero attached hydrogens (tertiary/aromatic N) is 3. The van der Waals surface area contributed by atoms with Gasteiger partial charge in [0, 0.05) is 15.8 Å². The van der Waals surface area contributed by atoms with Crippen molar-refractivity contribution in [2.75, 3.05) is 5.32 Å². The Labute approximate surface area is 192 Å². The van der Waals surface area contributed by atoms with Crippen LogP contribution in [0.3, 0.4) is 0 Å². The summed E-state index contributed by atoms with van der Waals surface area (Å²) < 4.78 is 1.33. The number of thiophene rings is 2. The first kappa shape index (κ1) is 20.6. The molecular formula is C24H20N4O2S2. The normalized spacial score (nSPS) is 13.0. The van der Waals surface area contributed by atoms with Crippen LogP contribution in [0.4, 0.5) is 5.00 Å². The SMILES string of the molecule is Cc1ccc(-c2csc3ncn(CC(=O)Nc4sc5c(c4C#N)CCCC5)c(=O)c23)cc1. The molecule has 1 aromatic carbocycles. The van der Waals surface area contributed by atoms with Crippen molar-refractivity contribution in [3.05, 3.63) is 67.9 Å².